The van der Waals surface area contributed by atoms with Crippen LogP contribution in [0.2, 0.25) is 5.02 Å². The maximum absolute atomic E-state index is 12.3. The summed E-state index contributed by atoms with van der Waals surface area (Å²) in [5, 5.41) is 0.661. The minimum absolute atomic E-state index is 0.154. The molecule has 0 radical (unpaired) electrons. The lowest BCUT2D eigenvalue weighted by Gasteiger charge is -2.28. The summed E-state index contributed by atoms with van der Waals surface area (Å²) in [5.41, 5.74) is 3.47. The van der Waals surface area contributed by atoms with Crippen LogP contribution in [0.25, 0.3) is 0 Å². The maximum Gasteiger partial charge on any atom is 0.176 e. The van der Waals surface area contributed by atoms with E-state index in [0.29, 0.717) is 11.6 Å². The Morgan fingerprint density at radius 3 is 2.50 bits per heavy atom. The average molecular weight is 286 g/mol. The Hall–Kier alpha value is -1.64. The Morgan fingerprint density at radius 2 is 1.75 bits per heavy atom. The molecule has 0 spiro atoms. The fraction of sp³-hybridized carbons (Fsp3) is 0.235. The van der Waals surface area contributed by atoms with Gasteiger partial charge in [-0.3, -0.25) is 9.69 Å². The van der Waals surface area contributed by atoms with Gasteiger partial charge in [0.15, 0.2) is 5.78 Å². The summed E-state index contributed by atoms with van der Waals surface area (Å²) < 4.78 is 0. The monoisotopic (exact) mass is 285 g/mol. The summed E-state index contributed by atoms with van der Waals surface area (Å²) in [5.74, 6) is 0.154. The molecular weight excluding hydrogens is 270 g/mol. The molecule has 0 saturated carbocycles. The molecule has 2 aromatic rings. The smallest absolute Gasteiger partial charge is 0.176 e. The molecule has 0 fully saturated rings. The molecule has 102 valence electrons. The second kappa shape index (κ2) is 5.78. The van der Waals surface area contributed by atoms with E-state index in [-0.39, 0.29) is 5.78 Å². The molecule has 2 aromatic carbocycles. The van der Waals surface area contributed by atoms with Gasteiger partial charge in [0.2, 0.25) is 0 Å². The number of carbonyl (C=O) groups excluding carboxylic acids is 1. The molecule has 0 atom stereocenters. The normalized spacial score (nSPS) is 14.8. The molecule has 20 heavy (non-hydrogen) atoms. The van der Waals surface area contributed by atoms with Crippen molar-refractivity contribution in [3.8, 4) is 0 Å². The predicted molar refractivity (Wildman–Crippen MR) is 81.2 cm³/mol. The van der Waals surface area contributed by atoms with Gasteiger partial charge in [0, 0.05) is 23.7 Å². The fourth-order valence-corrected chi connectivity index (χ4v) is 2.75. The molecule has 0 unspecified atom stereocenters. The first kappa shape index (κ1) is 13.3. The number of hydrogen-bond acceptors (Lipinski definition) is 2. The van der Waals surface area contributed by atoms with Crippen LogP contribution in [0.5, 0.6) is 0 Å². The Labute approximate surface area is 124 Å². The molecule has 0 aromatic heterocycles. The van der Waals surface area contributed by atoms with Crippen molar-refractivity contribution >= 4 is 17.4 Å². The van der Waals surface area contributed by atoms with Crippen LogP contribution in [0.4, 0.5) is 0 Å². The van der Waals surface area contributed by atoms with Crippen LogP contribution >= 0.6 is 11.6 Å². The van der Waals surface area contributed by atoms with E-state index in [0.717, 1.165) is 25.1 Å². The highest BCUT2D eigenvalue weighted by Crippen LogP contribution is 2.19. The molecule has 0 amide bonds. The molecule has 0 N–H and O–H groups in total. The van der Waals surface area contributed by atoms with Crippen LogP contribution in [0.1, 0.15) is 21.5 Å². The maximum atomic E-state index is 12.3. The van der Waals surface area contributed by atoms with Crippen LogP contribution in [-0.2, 0) is 13.0 Å². The van der Waals surface area contributed by atoms with Crippen molar-refractivity contribution in [1.82, 2.24) is 4.90 Å². The minimum Gasteiger partial charge on any atom is -0.293 e. The second-order valence-electron chi connectivity index (χ2n) is 5.16. The summed E-state index contributed by atoms with van der Waals surface area (Å²) in [7, 11) is 0. The van der Waals surface area contributed by atoms with Gasteiger partial charge < -0.3 is 0 Å². The lowest BCUT2D eigenvalue weighted by Crippen LogP contribution is -2.34. The Kier molecular flexibility index (Phi) is 3.86. The lowest BCUT2D eigenvalue weighted by atomic mass is 9.99. The first-order valence-electron chi connectivity index (χ1n) is 6.80. The van der Waals surface area contributed by atoms with Gasteiger partial charge in [0.05, 0.1) is 6.54 Å². The largest absolute Gasteiger partial charge is 0.293 e. The zero-order valence-corrected chi connectivity index (χ0v) is 11.9. The molecular formula is C17H16ClNO. The summed E-state index contributed by atoms with van der Waals surface area (Å²) in [6.45, 7) is 2.27. The molecule has 0 bridgehead atoms. The quantitative estimate of drug-likeness (QED) is 0.804. The van der Waals surface area contributed by atoms with E-state index in [2.05, 4.69) is 29.2 Å². The van der Waals surface area contributed by atoms with Gasteiger partial charge in [0.25, 0.3) is 0 Å². The van der Waals surface area contributed by atoms with Crippen molar-refractivity contribution in [3.63, 3.8) is 0 Å². The molecule has 0 saturated heterocycles. The third-order valence-corrected chi connectivity index (χ3v) is 4.00. The van der Waals surface area contributed by atoms with Crippen LogP contribution in [0.15, 0.2) is 48.5 Å². The van der Waals surface area contributed by atoms with E-state index in [1.807, 2.05) is 0 Å². The first-order chi connectivity index (χ1) is 9.72. The van der Waals surface area contributed by atoms with Crippen LogP contribution < -0.4 is 0 Å². The molecule has 1 heterocycles. The van der Waals surface area contributed by atoms with Crippen molar-refractivity contribution in [3.05, 3.63) is 70.2 Å². The highest BCUT2D eigenvalue weighted by atomic mass is 35.5. The van der Waals surface area contributed by atoms with Crippen molar-refractivity contribution in [2.45, 2.75) is 13.0 Å². The first-order valence-corrected chi connectivity index (χ1v) is 7.18. The van der Waals surface area contributed by atoms with Crippen molar-refractivity contribution < 1.29 is 4.79 Å². The van der Waals surface area contributed by atoms with E-state index in [4.69, 9.17) is 11.6 Å². The van der Waals surface area contributed by atoms with Crippen molar-refractivity contribution in [2.24, 2.45) is 0 Å². The summed E-state index contributed by atoms with van der Waals surface area (Å²) in [4.78, 5) is 14.5. The number of hydrogen-bond donors (Lipinski definition) is 0. The van der Waals surface area contributed by atoms with Crippen molar-refractivity contribution in [1.29, 1.82) is 0 Å². The van der Waals surface area contributed by atoms with E-state index >= 15 is 0 Å². The highest BCUT2D eigenvalue weighted by Gasteiger charge is 2.18. The highest BCUT2D eigenvalue weighted by molar-refractivity contribution is 6.30. The number of Topliss-reactive ketones (excluding diaryl/α,β-unsaturated/α-hetero) is 1. The number of nitrogens with zero attached hydrogens (tertiary/aromatic N) is 1. The standard InChI is InChI=1S/C17H16ClNO/c18-16-7-5-14(6-8-16)17(20)12-19-10-9-13-3-1-2-4-15(13)11-19/h1-8H,9-12H2. The number of ketones is 1. The predicted octanol–water partition coefficient (Wildman–Crippen LogP) is 3.58. The Balaban J connectivity index is 1.67. The zero-order chi connectivity index (χ0) is 13.9. The SMILES string of the molecule is O=C(CN1CCc2ccccc2C1)c1ccc(Cl)cc1. The number of fused-ring (bicyclic) bond motifs is 1. The summed E-state index contributed by atoms with van der Waals surface area (Å²) in [6, 6.07) is 15.6. The van der Waals surface area contributed by atoms with Crippen LogP contribution in [0, 0.1) is 0 Å². The second-order valence-corrected chi connectivity index (χ2v) is 5.60. The Bertz CT molecular complexity index is 621. The zero-order valence-electron chi connectivity index (χ0n) is 11.2. The van der Waals surface area contributed by atoms with E-state index in [9.17, 15) is 4.79 Å². The Morgan fingerprint density at radius 1 is 1.05 bits per heavy atom. The number of halogens is 1. The molecule has 2 nitrogen and oxygen atoms in total. The molecule has 0 aliphatic carbocycles. The molecule has 1 aliphatic heterocycles. The molecule has 3 rings (SSSR count). The van der Waals surface area contributed by atoms with Gasteiger partial charge in [0.1, 0.15) is 0 Å². The van der Waals surface area contributed by atoms with E-state index < -0.39 is 0 Å². The third kappa shape index (κ3) is 2.92. The average Bonchev–Trinajstić information content (AvgIpc) is 2.48. The van der Waals surface area contributed by atoms with Gasteiger partial charge in [-0.25, -0.2) is 0 Å². The van der Waals surface area contributed by atoms with E-state index in [1.165, 1.54) is 11.1 Å². The summed E-state index contributed by atoms with van der Waals surface area (Å²) in [6.07, 6.45) is 1.02. The van der Waals surface area contributed by atoms with Crippen molar-refractivity contribution in [2.75, 3.05) is 13.1 Å². The van der Waals surface area contributed by atoms with Crippen LogP contribution in [-0.4, -0.2) is 23.8 Å². The minimum atomic E-state index is 0.154. The fourth-order valence-electron chi connectivity index (χ4n) is 2.62. The van der Waals surface area contributed by atoms with Gasteiger partial charge in [-0.05, 0) is 41.8 Å². The summed E-state index contributed by atoms with van der Waals surface area (Å²) >= 11 is 5.84. The number of benzene rings is 2. The van der Waals surface area contributed by atoms with E-state index in [1.54, 1.807) is 24.3 Å². The lowest BCUT2D eigenvalue weighted by molar-refractivity contribution is 0.0921. The number of carbonyl (C=O) groups is 1. The number of rotatable bonds is 3. The van der Waals surface area contributed by atoms with Gasteiger partial charge in [-0.15, -0.1) is 0 Å². The topological polar surface area (TPSA) is 20.3 Å². The molecule has 1 aliphatic rings. The van der Waals surface area contributed by atoms with Gasteiger partial charge in [-0.2, -0.15) is 0 Å². The van der Waals surface area contributed by atoms with Crippen LogP contribution in [0.3, 0.4) is 0 Å². The molecule has 3 heteroatoms. The third-order valence-electron chi connectivity index (χ3n) is 3.74. The van der Waals surface area contributed by atoms with Gasteiger partial charge >= 0.3 is 0 Å². The van der Waals surface area contributed by atoms with Gasteiger partial charge in [-0.1, -0.05) is 35.9 Å².